The van der Waals surface area contributed by atoms with Gasteiger partial charge in [0.15, 0.2) is 14.1 Å². The first-order valence-electron chi connectivity index (χ1n) is 8.94. The van der Waals surface area contributed by atoms with E-state index in [0.717, 1.165) is 16.5 Å². The zero-order chi connectivity index (χ0) is 20.0. The van der Waals surface area contributed by atoms with Crippen LogP contribution in [0.25, 0.3) is 10.9 Å². The fourth-order valence-electron chi connectivity index (χ4n) is 2.84. The summed E-state index contributed by atoms with van der Waals surface area (Å²) < 4.78 is 17.8. The molecule has 0 amide bonds. The molecule has 1 heterocycles. The van der Waals surface area contributed by atoms with Crippen LogP contribution in [0.3, 0.4) is 0 Å². The van der Waals surface area contributed by atoms with Crippen LogP contribution in [0.2, 0.25) is 19.6 Å². The number of hydrogen-bond acceptors (Lipinski definition) is 5. The lowest BCUT2D eigenvalue weighted by Crippen LogP contribution is -2.29. The molecule has 27 heavy (non-hydrogen) atoms. The molecule has 1 atom stereocenters. The molecule has 0 bridgehead atoms. The predicted molar refractivity (Wildman–Crippen MR) is 107 cm³/mol. The van der Waals surface area contributed by atoms with E-state index in [-0.39, 0.29) is 18.8 Å². The number of allylic oxidation sites excluding steroid dienone is 1. The zero-order valence-corrected chi connectivity index (χ0v) is 17.5. The maximum atomic E-state index is 12.4. The molecular weight excluding hydrogens is 362 g/mol. The number of ether oxygens (including phenoxy) is 2. The van der Waals surface area contributed by atoms with Crippen molar-refractivity contribution in [3.05, 3.63) is 48.4 Å². The molecule has 1 unspecified atom stereocenters. The second-order valence-corrected chi connectivity index (χ2v) is 11.6. The van der Waals surface area contributed by atoms with E-state index in [9.17, 15) is 9.59 Å². The normalized spacial score (nSPS) is 13.1. The van der Waals surface area contributed by atoms with Crippen LogP contribution >= 0.6 is 0 Å². The van der Waals surface area contributed by atoms with E-state index in [1.807, 2.05) is 24.3 Å². The molecule has 0 N–H and O–H groups in total. The molecule has 2 rings (SSSR count). The number of hydrogen-bond donors (Lipinski definition) is 0. The first-order chi connectivity index (χ1) is 12.8. The summed E-state index contributed by atoms with van der Waals surface area (Å²) in [6, 6.07) is 7.55. The molecule has 6 nitrogen and oxygen atoms in total. The number of rotatable bonds is 8. The number of ketones is 1. The zero-order valence-electron chi connectivity index (χ0n) is 16.5. The third-order valence-corrected chi connectivity index (χ3v) is 4.82. The van der Waals surface area contributed by atoms with E-state index in [2.05, 4.69) is 19.6 Å². The number of nitrogens with zero attached hydrogens (tertiary/aromatic N) is 1. The smallest absolute Gasteiger partial charge is 0.418 e. The fourth-order valence-corrected chi connectivity index (χ4v) is 3.91. The van der Waals surface area contributed by atoms with Gasteiger partial charge < -0.3 is 13.9 Å². The Labute approximate surface area is 160 Å². The quantitative estimate of drug-likeness (QED) is 0.373. The molecule has 0 spiro atoms. The summed E-state index contributed by atoms with van der Waals surface area (Å²) in [5.74, 6) is -0.104. The highest BCUT2D eigenvalue weighted by molar-refractivity contribution is 6.69. The minimum Gasteiger partial charge on any atom is -0.504 e. The van der Waals surface area contributed by atoms with Gasteiger partial charge >= 0.3 is 6.09 Å². The number of carbonyl (C=O) groups is 2. The SMILES string of the molecule is CCOC(=O)n1cc(C(CC(=O)/C=C/OC)O[Si](C)(C)C)c2ccccc21. The Morgan fingerprint density at radius 2 is 1.93 bits per heavy atom. The maximum Gasteiger partial charge on any atom is 0.418 e. The van der Waals surface area contributed by atoms with E-state index in [4.69, 9.17) is 13.9 Å². The van der Waals surface area contributed by atoms with Gasteiger partial charge in [0.25, 0.3) is 0 Å². The van der Waals surface area contributed by atoms with Crippen molar-refractivity contribution in [1.29, 1.82) is 0 Å². The predicted octanol–water partition coefficient (Wildman–Crippen LogP) is 4.66. The van der Waals surface area contributed by atoms with Crippen LogP contribution in [0.15, 0.2) is 42.8 Å². The molecule has 146 valence electrons. The second-order valence-electron chi connectivity index (χ2n) is 7.10. The van der Waals surface area contributed by atoms with Crippen molar-refractivity contribution in [3.8, 4) is 0 Å². The Morgan fingerprint density at radius 3 is 2.56 bits per heavy atom. The van der Waals surface area contributed by atoms with Crippen LogP contribution in [0.1, 0.15) is 25.0 Å². The van der Waals surface area contributed by atoms with Crippen molar-refractivity contribution >= 4 is 31.1 Å². The van der Waals surface area contributed by atoms with Crippen molar-refractivity contribution in [2.45, 2.75) is 39.1 Å². The van der Waals surface area contributed by atoms with Crippen LogP contribution in [0.4, 0.5) is 4.79 Å². The van der Waals surface area contributed by atoms with Gasteiger partial charge in [0.2, 0.25) is 0 Å². The van der Waals surface area contributed by atoms with Crippen molar-refractivity contribution in [2.24, 2.45) is 0 Å². The number of para-hydroxylation sites is 1. The number of benzene rings is 1. The van der Waals surface area contributed by atoms with Gasteiger partial charge in [-0.15, -0.1) is 0 Å². The number of methoxy groups -OCH3 is 1. The Morgan fingerprint density at radius 1 is 1.22 bits per heavy atom. The number of carbonyl (C=O) groups excluding carboxylic acids is 2. The summed E-state index contributed by atoms with van der Waals surface area (Å²) in [6.45, 7) is 8.26. The van der Waals surface area contributed by atoms with Crippen LogP contribution in [0, 0.1) is 0 Å². The maximum absolute atomic E-state index is 12.4. The summed E-state index contributed by atoms with van der Waals surface area (Å²) >= 11 is 0. The summed E-state index contributed by atoms with van der Waals surface area (Å²) in [4.78, 5) is 24.7. The van der Waals surface area contributed by atoms with E-state index < -0.39 is 20.5 Å². The highest BCUT2D eigenvalue weighted by Crippen LogP contribution is 2.33. The highest BCUT2D eigenvalue weighted by atomic mass is 28.4. The number of fused-ring (bicyclic) bond motifs is 1. The lowest BCUT2D eigenvalue weighted by atomic mass is 10.0. The first-order valence-corrected chi connectivity index (χ1v) is 12.3. The lowest BCUT2D eigenvalue weighted by Gasteiger charge is -2.25. The molecular formula is C20H27NO5Si. The summed E-state index contributed by atoms with van der Waals surface area (Å²) in [5.41, 5.74) is 1.54. The van der Waals surface area contributed by atoms with Crippen molar-refractivity contribution in [1.82, 2.24) is 4.57 Å². The van der Waals surface area contributed by atoms with Crippen LogP contribution in [-0.2, 0) is 18.7 Å². The second kappa shape index (κ2) is 9.01. The molecule has 0 fully saturated rings. The molecule has 0 saturated heterocycles. The molecule has 1 aromatic heterocycles. The van der Waals surface area contributed by atoms with Crippen molar-refractivity contribution in [3.63, 3.8) is 0 Å². The van der Waals surface area contributed by atoms with Crippen LogP contribution < -0.4 is 0 Å². The Balaban J connectivity index is 2.50. The van der Waals surface area contributed by atoms with Gasteiger partial charge in [0.05, 0.1) is 31.6 Å². The Bertz CT molecular complexity index is 834. The minimum absolute atomic E-state index is 0.104. The average molecular weight is 390 g/mol. The van der Waals surface area contributed by atoms with Gasteiger partial charge in [-0.05, 0) is 32.6 Å². The Kier molecular flexibility index (Phi) is 6.98. The van der Waals surface area contributed by atoms with Crippen LogP contribution in [0.5, 0.6) is 0 Å². The van der Waals surface area contributed by atoms with Gasteiger partial charge in [-0.1, -0.05) is 18.2 Å². The third-order valence-electron chi connectivity index (χ3n) is 3.83. The van der Waals surface area contributed by atoms with E-state index in [0.29, 0.717) is 0 Å². The molecule has 1 aromatic carbocycles. The lowest BCUT2D eigenvalue weighted by molar-refractivity contribution is -0.116. The molecule has 0 radical (unpaired) electrons. The van der Waals surface area contributed by atoms with Gasteiger partial charge in [-0.3, -0.25) is 9.36 Å². The van der Waals surface area contributed by atoms with Gasteiger partial charge in [-0.25, -0.2) is 4.79 Å². The standard InChI is InChI=1S/C20H27NO5Si/c1-6-25-20(23)21-14-17(16-9-7-8-10-18(16)21)19(26-27(3,4)5)13-15(22)11-12-24-2/h7-12,14,19H,6,13H2,1-5H3/b12-11+. The van der Waals surface area contributed by atoms with Crippen LogP contribution in [-0.4, -0.2) is 38.5 Å². The molecule has 0 aliphatic carbocycles. The molecule has 2 aromatic rings. The van der Waals surface area contributed by atoms with Gasteiger partial charge in [0.1, 0.15) is 0 Å². The molecule has 7 heteroatoms. The van der Waals surface area contributed by atoms with Crippen molar-refractivity contribution < 1.29 is 23.5 Å². The summed E-state index contributed by atoms with van der Waals surface area (Å²) in [6.07, 6.45) is 3.74. The molecule has 0 saturated carbocycles. The number of aromatic nitrogens is 1. The monoisotopic (exact) mass is 389 g/mol. The largest absolute Gasteiger partial charge is 0.504 e. The minimum atomic E-state index is -1.95. The third kappa shape index (κ3) is 5.54. The van der Waals surface area contributed by atoms with Gasteiger partial charge in [-0.2, -0.15) is 0 Å². The summed E-state index contributed by atoms with van der Waals surface area (Å²) in [7, 11) is -0.462. The van der Waals surface area contributed by atoms with Gasteiger partial charge in [0, 0.05) is 29.6 Å². The Hall–Kier alpha value is -2.38. The van der Waals surface area contributed by atoms with E-state index in [1.54, 1.807) is 13.1 Å². The van der Waals surface area contributed by atoms with Crippen molar-refractivity contribution in [2.75, 3.05) is 13.7 Å². The molecule has 0 aliphatic heterocycles. The first kappa shape index (κ1) is 20.9. The highest BCUT2D eigenvalue weighted by Gasteiger charge is 2.27. The average Bonchev–Trinajstić information content (AvgIpc) is 2.98. The fraction of sp³-hybridized carbons (Fsp3) is 0.400. The van der Waals surface area contributed by atoms with E-state index >= 15 is 0 Å². The topological polar surface area (TPSA) is 66.8 Å². The summed E-state index contributed by atoms with van der Waals surface area (Å²) in [5, 5.41) is 0.873. The van der Waals surface area contributed by atoms with E-state index in [1.165, 1.54) is 24.0 Å². The molecule has 0 aliphatic rings.